The molecule has 0 aliphatic carbocycles. The van der Waals surface area contributed by atoms with E-state index in [1.807, 2.05) is 31.2 Å². The predicted octanol–water partition coefficient (Wildman–Crippen LogP) is 3.75. The number of rotatable bonds is 7. The predicted molar refractivity (Wildman–Crippen MR) is 114 cm³/mol. The molecule has 6 nitrogen and oxygen atoms in total. The molecule has 0 saturated heterocycles. The molecular formula is C19H26ClN5OS. The van der Waals surface area contributed by atoms with Crippen LogP contribution in [-0.4, -0.2) is 51.8 Å². The summed E-state index contributed by atoms with van der Waals surface area (Å²) in [5, 5.41) is 4.97. The quantitative estimate of drug-likeness (QED) is 0.598. The SMILES string of the molecule is CCN(CC)CCN(C(=O)c1c(C)cnn1C)c1nc2ccccc2s1.Cl. The van der Waals surface area contributed by atoms with E-state index >= 15 is 0 Å². The van der Waals surface area contributed by atoms with Gasteiger partial charge >= 0.3 is 0 Å². The van der Waals surface area contributed by atoms with Crippen molar-refractivity contribution in [2.75, 3.05) is 31.1 Å². The zero-order valence-corrected chi connectivity index (χ0v) is 17.8. The van der Waals surface area contributed by atoms with Crippen LogP contribution in [-0.2, 0) is 7.05 Å². The second-order valence-electron chi connectivity index (χ2n) is 6.25. The Labute approximate surface area is 170 Å². The third kappa shape index (κ3) is 4.48. The number of aromatic nitrogens is 3. The topological polar surface area (TPSA) is 54.3 Å². The van der Waals surface area contributed by atoms with Crippen LogP contribution in [0.2, 0.25) is 0 Å². The summed E-state index contributed by atoms with van der Waals surface area (Å²) in [7, 11) is 1.81. The van der Waals surface area contributed by atoms with Crippen molar-refractivity contribution in [1.29, 1.82) is 0 Å². The monoisotopic (exact) mass is 407 g/mol. The van der Waals surface area contributed by atoms with E-state index in [1.165, 1.54) is 0 Å². The van der Waals surface area contributed by atoms with Gasteiger partial charge in [-0.25, -0.2) is 4.98 Å². The van der Waals surface area contributed by atoms with Crippen LogP contribution in [0.4, 0.5) is 5.13 Å². The molecule has 0 fully saturated rings. The largest absolute Gasteiger partial charge is 0.302 e. The Bertz CT molecular complexity index is 850. The second-order valence-corrected chi connectivity index (χ2v) is 7.26. The number of fused-ring (bicyclic) bond motifs is 1. The number of amides is 1. The first kappa shape index (κ1) is 21.3. The van der Waals surface area contributed by atoms with Gasteiger partial charge in [0.05, 0.1) is 16.4 Å². The zero-order chi connectivity index (χ0) is 18.7. The van der Waals surface area contributed by atoms with Crippen LogP contribution in [0.15, 0.2) is 30.5 Å². The summed E-state index contributed by atoms with van der Waals surface area (Å²) in [4.78, 5) is 22.1. The first-order valence-corrected chi connectivity index (χ1v) is 9.75. The van der Waals surface area contributed by atoms with E-state index < -0.39 is 0 Å². The van der Waals surface area contributed by atoms with Crippen molar-refractivity contribution in [2.45, 2.75) is 20.8 Å². The molecule has 3 rings (SSSR count). The van der Waals surface area contributed by atoms with Crippen LogP contribution < -0.4 is 4.90 Å². The second kappa shape index (κ2) is 9.30. The normalized spacial score (nSPS) is 11.0. The fourth-order valence-corrected chi connectivity index (χ4v) is 4.01. The van der Waals surface area contributed by atoms with E-state index in [-0.39, 0.29) is 18.3 Å². The number of hydrogen-bond acceptors (Lipinski definition) is 5. The van der Waals surface area contributed by atoms with Gasteiger partial charge in [-0.2, -0.15) is 5.10 Å². The third-order valence-corrected chi connectivity index (χ3v) is 5.68. The van der Waals surface area contributed by atoms with Gasteiger partial charge in [0.25, 0.3) is 5.91 Å². The Hall–Kier alpha value is -1.96. The van der Waals surface area contributed by atoms with Gasteiger partial charge in [-0.15, -0.1) is 12.4 Å². The van der Waals surface area contributed by atoms with Gasteiger partial charge in [0.15, 0.2) is 5.13 Å². The molecule has 0 radical (unpaired) electrons. The average Bonchev–Trinajstić information content (AvgIpc) is 3.21. The summed E-state index contributed by atoms with van der Waals surface area (Å²) >= 11 is 1.56. The Kier molecular flexibility index (Phi) is 7.35. The molecule has 1 amide bonds. The summed E-state index contributed by atoms with van der Waals surface area (Å²) in [6.45, 7) is 9.53. The van der Waals surface area contributed by atoms with Crippen LogP contribution in [0.5, 0.6) is 0 Å². The lowest BCUT2D eigenvalue weighted by molar-refractivity contribution is 0.0974. The highest BCUT2D eigenvalue weighted by Crippen LogP contribution is 2.29. The number of carbonyl (C=O) groups is 1. The molecule has 0 unspecified atom stereocenters. The van der Waals surface area contributed by atoms with E-state index in [2.05, 4.69) is 23.8 Å². The van der Waals surface area contributed by atoms with Crippen LogP contribution in [0.25, 0.3) is 10.2 Å². The zero-order valence-electron chi connectivity index (χ0n) is 16.2. The summed E-state index contributed by atoms with van der Waals surface area (Å²) < 4.78 is 2.74. The van der Waals surface area contributed by atoms with Gasteiger partial charge in [-0.3, -0.25) is 14.4 Å². The summed E-state index contributed by atoms with van der Waals surface area (Å²) in [6, 6.07) is 7.99. The molecular weight excluding hydrogens is 382 g/mol. The van der Waals surface area contributed by atoms with Gasteiger partial charge in [-0.1, -0.05) is 37.3 Å². The summed E-state index contributed by atoms with van der Waals surface area (Å²) in [5.41, 5.74) is 2.42. The van der Waals surface area contributed by atoms with Gasteiger partial charge in [-0.05, 0) is 37.7 Å². The van der Waals surface area contributed by atoms with Gasteiger partial charge < -0.3 is 4.90 Å². The number of likely N-dealkylation sites (N-methyl/N-ethyl adjacent to an activating group) is 1. The maximum atomic E-state index is 13.3. The van der Waals surface area contributed by atoms with E-state index in [9.17, 15) is 4.79 Å². The molecule has 0 N–H and O–H groups in total. The Morgan fingerprint density at radius 1 is 1.19 bits per heavy atom. The molecule has 0 aliphatic rings. The van der Waals surface area contributed by atoms with Crippen molar-refractivity contribution >= 4 is 45.0 Å². The molecule has 27 heavy (non-hydrogen) atoms. The molecule has 0 aliphatic heterocycles. The lowest BCUT2D eigenvalue weighted by Crippen LogP contribution is -2.39. The van der Waals surface area contributed by atoms with Crippen molar-refractivity contribution in [3.63, 3.8) is 0 Å². The number of benzene rings is 1. The first-order valence-electron chi connectivity index (χ1n) is 8.93. The molecule has 0 bridgehead atoms. The Balaban J connectivity index is 0.00000261. The molecule has 146 valence electrons. The highest BCUT2D eigenvalue weighted by atomic mass is 35.5. The van der Waals surface area contributed by atoms with Gasteiger partial charge in [0.1, 0.15) is 5.69 Å². The number of para-hydroxylation sites is 1. The number of carbonyl (C=O) groups excluding carboxylic acids is 1. The number of halogens is 1. The fourth-order valence-electron chi connectivity index (χ4n) is 3.02. The van der Waals surface area contributed by atoms with Crippen molar-refractivity contribution < 1.29 is 4.79 Å². The Morgan fingerprint density at radius 2 is 1.89 bits per heavy atom. The molecule has 0 atom stereocenters. The number of thiazole rings is 1. The van der Waals surface area contributed by atoms with Gasteiger partial charge in [0.2, 0.25) is 0 Å². The lowest BCUT2D eigenvalue weighted by Gasteiger charge is -2.25. The number of nitrogens with zero attached hydrogens (tertiary/aromatic N) is 5. The van der Waals surface area contributed by atoms with E-state index in [4.69, 9.17) is 4.98 Å². The molecule has 1 aromatic carbocycles. The van der Waals surface area contributed by atoms with Crippen LogP contribution in [0, 0.1) is 6.92 Å². The highest BCUT2D eigenvalue weighted by molar-refractivity contribution is 7.22. The minimum Gasteiger partial charge on any atom is -0.302 e. The number of hydrogen-bond donors (Lipinski definition) is 0. The minimum atomic E-state index is -0.0475. The van der Waals surface area contributed by atoms with Crippen LogP contribution in [0.3, 0.4) is 0 Å². The van der Waals surface area contributed by atoms with Crippen LogP contribution in [0.1, 0.15) is 29.9 Å². The molecule has 2 heterocycles. The van der Waals surface area contributed by atoms with E-state index in [0.717, 1.165) is 40.5 Å². The van der Waals surface area contributed by atoms with Crippen molar-refractivity contribution in [3.8, 4) is 0 Å². The summed E-state index contributed by atoms with van der Waals surface area (Å²) in [5.74, 6) is -0.0475. The number of aryl methyl sites for hydroxylation is 2. The molecule has 0 saturated carbocycles. The van der Waals surface area contributed by atoms with Crippen molar-refractivity contribution in [1.82, 2.24) is 19.7 Å². The fraction of sp³-hybridized carbons (Fsp3) is 0.421. The van der Waals surface area contributed by atoms with Gasteiger partial charge in [0, 0.05) is 20.1 Å². The lowest BCUT2D eigenvalue weighted by atomic mass is 10.2. The van der Waals surface area contributed by atoms with Crippen molar-refractivity contribution in [2.24, 2.45) is 7.05 Å². The maximum Gasteiger partial charge on any atom is 0.278 e. The summed E-state index contributed by atoms with van der Waals surface area (Å²) in [6.07, 6.45) is 1.73. The highest BCUT2D eigenvalue weighted by Gasteiger charge is 2.25. The van der Waals surface area contributed by atoms with E-state index in [1.54, 1.807) is 34.2 Å². The molecule has 3 aromatic rings. The number of anilines is 1. The third-order valence-electron chi connectivity index (χ3n) is 4.62. The van der Waals surface area contributed by atoms with Crippen LogP contribution >= 0.6 is 23.7 Å². The van der Waals surface area contributed by atoms with Crippen molar-refractivity contribution in [3.05, 3.63) is 41.7 Å². The molecule has 8 heteroatoms. The average molecular weight is 408 g/mol. The van der Waals surface area contributed by atoms with E-state index in [0.29, 0.717) is 12.2 Å². The smallest absolute Gasteiger partial charge is 0.278 e. The first-order chi connectivity index (χ1) is 12.5. The minimum absolute atomic E-state index is 0. The standard InChI is InChI=1S/C19H25N5OS.ClH/c1-5-23(6-2)11-12-24(18(25)17-14(3)13-20-22(17)4)19-21-15-9-7-8-10-16(15)26-19;/h7-10,13H,5-6,11-12H2,1-4H3;1H. The molecule has 0 spiro atoms. The Morgan fingerprint density at radius 3 is 2.48 bits per heavy atom. The maximum absolute atomic E-state index is 13.3. The molecule has 2 aromatic heterocycles.